The maximum absolute atomic E-state index is 6.04. The summed E-state index contributed by atoms with van der Waals surface area (Å²) in [6, 6.07) is 4.33. The molecule has 4 nitrogen and oxygen atoms in total. The fourth-order valence-electron chi connectivity index (χ4n) is 2.80. The fraction of sp³-hybridized carbons (Fsp3) is 0.474. The Balaban J connectivity index is 2.39. The number of nitrogens with zero attached hydrogens (tertiary/aromatic N) is 2. The first-order valence-electron chi connectivity index (χ1n) is 8.41. The molecule has 0 aliphatic rings. The van der Waals surface area contributed by atoms with Crippen molar-refractivity contribution in [3.63, 3.8) is 0 Å². The second-order valence-electron chi connectivity index (χ2n) is 6.19. The normalized spacial score (nSPS) is 11.0. The van der Waals surface area contributed by atoms with E-state index in [1.165, 1.54) is 16.7 Å². The summed E-state index contributed by atoms with van der Waals surface area (Å²) in [5.74, 6) is 2.02. The highest BCUT2D eigenvalue weighted by Gasteiger charge is 2.16. The van der Waals surface area contributed by atoms with Crippen LogP contribution in [0.5, 0.6) is 5.88 Å². The van der Waals surface area contributed by atoms with E-state index in [1.807, 2.05) is 6.92 Å². The van der Waals surface area contributed by atoms with Crippen molar-refractivity contribution in [2.75, 3.05) is 5.32 Å². The Hall–Kier alpha value is -1.62. The van der Waals surface area contributed by atoms with Gasteiger partial charge in [-0.05, 0) is 67.6 Å². The van der Waals surface area contributed by atoms with Crippen LogP contribution in [-0.2, 0) is 0 Å². The highest BCUT2D eigenvalue weighted by atomic mass is 79.9. The molecule has 0 bridgehead atoms. The van der Waals surface area contributed by atoms with Gasteiger partial charge in [0.25, 0.3) is 0 Å². The van der Waals surface area contributed by atoms with Crippen LogP contribution in [0.25, 0.3) is 0 Å². The van der Waals surface area contributed by atoms with E-state index in [2.05, 4.69) is 78.0 Å². The lowest BCUT2D eigenvalue weighted by Gasteiger charge is -2.19. The molecule has 0 fully saturated rings. The van der Waals surface area contributed by atoms with Crippen molar-refractivity contribution in [2.45, 2.75) is 60.5 Å². The minimum absolute atomic E-state index is 0.159. The number of hydrogen-bond donors (Lipinski definition) is 1. The third-order valence-corrected chi connectivity index (χ3v) is 4.76. The Morgan fingerprint density at radius 2 is 1.62 bits per heavy atom. The molecule has 1 heterocycles. The maximum Gasteiger partial charge on any atom is 0.233 e. The van der Waals surface area contributed by atoms with E-state index in [-0.39, 0.29) is 6.10 Å². The Labute approximate surface area is 153 Å². The van der Waals surface area contributed by atoms with Gasteiger partial charge >= 0.3 is 0 Å². The van der Waals surface area contributed by atoms with Crippen LogP contribution in [0, 0.1) is 27.7 Å². The number of hydrogen-bond acceptors (Lipinski definition) is 4. The largest absolute Gasteiger partial charge is 0.473 e. The summed E-state index contributed by atoms with van der Waals surface area (Å²) < 4.78 is 6.81. The number of nitrogens with one attached hydrogen (secondary N) is 1. The Kier molecular flexibility index (Phi) is 6.21. The van der Waals surface area contributed by atoms with E-state index in [0.29, 0.717) is 11.7 Å². The monoisotopic (exact) mass is 391 g/mol. The minimum atomic E-state index is 0.159. The van der Waals surface area contributed by atoms with Crippen molar-refractivity contribution < 1.29 is 4.74 Å². The van der Waals surface area contributed by atoms with Gasteiger partial charge < -0.3 is 10.1 Å². The van der Waals surface area contributed by atoms with Gasteiger partial charge in [0, 0.05) is 5.69 Å². The second-order valence-corrected chi connectivity index (χ2v) is 6.99. The van der Waals surface area contributed by atoms with Gasteiger partial charge in [0.2, 0.25) is 5.88 Å². The summed E-state index contributed by atoms with van der Waals surface area (Å²) in [5.41, 5.74) is 4.72. The van der Waals surface area contributed by atoms with E-state index < -0.39 is 0 Å². The number of aromatic nitrogens is 2. The molecule has 0 saturated carbocycles. The van der Waals surface area contributed by atoms with Crippen LogP contribution in [0.15, 0.2) is 16.6 Å². The first-order chi connectivity index (χ1) is 11.3. The Morgan fingerprint density at radius 3 is 2.17 bits per heavy atom. The molecular formula is C19H26BrN3O. The molecule has 0 amide bonds. The predicted octanol–water partition coefficient (Wildman–Crippen LogP) is 5.78. The molecule has 0 saturated heterocycles. The highest BCUT2D eigenvalue weighted by molar-refractivity contribution is 9.10. The van der Waals surface area contributed by atoms with E-state index >= 15 is 0 Å². The van der Waals surface area contributed by atoms with E-state index in [9.17, 15) is 0 Å². The molecule has 24 heavy (non-hydrogen) atoms. The van der Waals surface area contributed by atoms with Gasteiger partial charge in [0.15, 0.2) is 5.82 Å². The van der Waals surface area contributed by atoms with Gasteiger partial charge in [0.1, 0.15) is 10.3 Å². The molecular weight excluding hydrogens is 366 g/mol. The van der Waals surface area contributed by atoms with Crippen LogP contribution in [0.4, 0.5) is 11.5 Å². The SMILES string of the molecule is CCC(CC)Oc1nc(C)nc(Nc2c(C)cc(C)cc2C)c1Br. The molecule has 5 heteroatoms. The lowest BCUT2D eigenvalue weighted by molar-refractivity contribution is 0.183. The van der Waals surface area contributed by atoms with Crippen LogP contribution in [-0.4, -0.2) is 16.1 Å². The van der Waals surface area contributed by atoms with Crippen LogP contribution < -0.4 is 10.1 Å². The summed E-state index contributed by atoms with van der Waals surface area (Å²) >= 11 is 3.61. The summed E-state index contributed by atoms with van der Waals surface area (Å²) in [4.78, 5) is 8.99. The van der Waals surface area contributed by atoms with Crippen molar-refractivity contribution >= 4 is 27.4 Å². The number of benzene rings is 1. The van der Waals surface area contributed by atoms with Gasteiger partial charge in [0.05, 0.1) is 6.10 Å². The summed E-state index contributed by atoms with van der Waals surface area (Å²) in [5, 5.41) is 3.45. The molecule has 0 atom stereocenters. The van der Waals surface area contributed by atoms with Crippen molar-refractivity contribution in [1.29, 1.82) is 0 Å². The topological polar surface area (TPSA) is 47.0 Å². The lowest BCUT2D eigenvalue weighted by Crippen LogP contribution is -2.16. The molecule has 0 spiro atoms. The first kappa shape index (κ1) is 18.7. The van der Waals surface area contributed by atoms with Crippen molar-refractivity contribution in [1.82, 2.24) is 9.97 Å². The quantitative estimate of drug-likeness (QED) is 0.677. The van der Waals surface area contributed by atoms with Gasteiger partial charge in [-0.15, -0.1) is 0 Å². The third-order valence-electron chi connectivity index (χ3n) is 4.04. The van der Waals surface area contributed by atoms with Crippen molar-refractivity contribution in [3.8, 4) is 5.88 Å². The minimum Gasteiger partial charge on any atom is -0.473 e. The molecule has 130 valence electrons. The number of rotatable bonds is 6. The molecule has 0 aliphatic carbocycles. The van der Waals surface area contributed by atoms with Crippen LogP contribution >= 0.6 is 15.9 Å². The zero-order valence-electron chi connectivity index (χ0n) is 15.3. The van der Waals surface area contributed by atoms with E-state index in [1.54, 1.807) is 0 Å². The Bertz CT molecular complexity index is 704. The summed E-state index contributed by atoms with van der Waals surface area (Å²) in [7, 11) is 0. The molecule has 2 aromatic rings. The van der Waals surface area contributed by atoms with Crippen molar-refractivity contribution in [2.24, 2.45) is 0 Å². The molecule has 1 N–H and O–H groups in total. The highest BCUT2D eigenvalue weighted by Crippen LogP contribution is 2.34. The van der Waals surface area contributed by atoms with Gasteiger partial charge in [-0.2, -0.15) is 4.98 Å². The number of anilines is 2. The number of aryl methyl sites for hydroxylation is 4. The van der Waals surface area contributed by atoms with Crippen LogP contribution in [0.3, 0.4) is 0 Å². The van der Waals surface area contributed by atoms with E-state index in [4.69, 9.17) is 4.74 Å². The zero-order valence-corrected chi connectivity index (χ0v) is 16.9. The van der Waals surface area contributed by atoms with Crippen LogP contribution in [0.2, 0.25) is 0 Å². The van der Waals surface area contributed by atoms with E-state index in [0.717, 1.165) is 28.8 Å². The van der Waals surface area contributed by atoms with Gasteiger partial charge in [-0.1, -0.05) is 31.5 Å². The van der Waals surface area contributed by atoms with Gasteiger partial charge in [-0.3, -0.25) is 0 Å². The molecule has 0 aliphatic heterocycles. The number of halogens is 1. The van der Waals surface area contributed by atoms with Crippen molar-refractivity contribution in [3.05, 3.63) is 39.1 Å². The standard InChI is InChI=1S/C19H26BrN3O/c1-7-15(8-2)24-19-16(20)18(21-14(6)22-19)23-17-12(4)9-11(3)10-13(17)5/h9-10,15H,7-8H2,1-6H3,(H,21,22,23). The first-order valence-corrected chi connectivity index (χ1v) is 9.20. The summed E-state index contributed by atoms with van der Waals surface area (Å²) in [6.07, 6.45) is 2.06. The smallest absolute Gasteiger partial charge is 0.233 e. The molecule has 1 aromatic carbocycles. The molecule has 0 radical (unpaired) electrons. The molecule has 1 aromatic heterocycles. The predicted molar refractivity (Wildman–Crippen MR) is 103 cm³/mol. The summed E-state index contributed by atoms with van der Waals surface area (Å²) in [6.45, 7) is 12.4. The fourth-order valence-corrected chi connectivity index (χ4v) is 3.17. The lowest BCUT2D eigenvalue weighted by atomic mass is 10.1. The zero-order chi connectivity index (χ0) is 17.9. The average molecular weight is 392 g/mol. The molecule has 0 unspecified atom stereocenters. The van der Waals surface area contributed by atoms with Crippen LogP contribution in [0.1, 0.15) is 49.2 Å². The molecule has 2 rings (SSSR count). The third kappa shape index (κ3) is 4.26. The maximum atomic E-state index is 6.04. The Morgan fingerprint density at radius 1 is 1.04 bits per heavy atom. The number of ether oxygens (including phenoxy) is 1. The average Bonchev–Trinajstić information content (AvgIpc) is 2.52. The van der Waals surface area contributed by atoms with Gasteiger partial charge in [-0.25, -0.2) is 4.98 Å². The second kappa shape index (κ2) is 7.97.